The molecule has 2 aliphatic rings. The molecule has 0 spiro atoms. The molecule has 49 heavy (non-hydrogen) atoms. The van der Waals surface area contributed by atoms with Crippen LogP contribution in [0.25, 0.3) is 22.3 Å². The zero-order chi connectivity index (χ0) is 36.3. The van der Waals surface area contributed by atoms with Gasteiger partial charge in [-0.05, 0) is 20.8 Å². The van der Waals surface area contributed by atoms with Crippen molar-refractivity contribution in [3.63, 3.8) is 0 Å². The van der Waals surface area contributed by atoms with Gasteiger partial charge >= 0.3 is 253 Å². The van der Waals surface area contributed by atoms with Crippen molar-refractivity contribution in [2.45, 2.75) is 76.0 Å². The second-order valence-electron chi connectivity index (χ2n) is 13.1. The molecule has 1 aromatic carbocycles. The number of nitrogens with zero attached hydrogens (tertiary/aromatic N) is 2. The summed E-state index contributed by atoms with van der Waals surface area (Å²) in [6, 6.07) is 6.13. The van der Waals surface area contributed by atoms with Gasteiger partial charge in [0.1, 0.15) is 5.60 Å². The van der Waals surface area contributed by atoms with Gasteiger partial charge in [0, 0.05) is 0 Å². The first-order chi connectivity index (χ1) is 22.7. The predicted molar refractivity (Wildman–Crippen MR) is 187 cm³/mol. The van der Waals surface area contributed by atoms with E-state index in [-0.39, 0.29) is 42.2 Å². The van der Waals surface area contributed by atoms with Crippen LogP contribution in [0.2, 0.25) is 0 Å². The van der Waals surface area contributed by atoms with E-state index in [2.05, 4.69) is 5.32 Å². The van der Waals surface area contributed by atoms with Crippen molar-refractivity contribution >= 4 is 54.6 Å². The average Bonchev–Trinajstić information content (AvgIpc) is 3.36. The minimum atomic E-state index is -4.37. The van der Waals surface area contributed by atoms with Gasteiger partial charge in [0.15, 0.2) is 0 Å². The van der Waals surface area contributed by atoms with Crippen LogP contribution in [0.1, 0.15) is 57.2 Å². The number of pyridine rings is 2. The van der Waals surface area contributed by atoms with Gasteiger partial charge in [-0.2, -0.15) is 0 Å². The number of aromatic hydroxyl groups is 1. The van der Waals surface area contributed by atoms with E-state index in [1.165, 1.54) is 16.7 Å². The van der Waals surface area contributed by atoms with E-state index in [0.717, 1.165) is 0 Å². The number of benzene rings is 1. The van der Waals surface area contributed by atoms with E-state index in [9.17, 15) is 37.5 Å². The van der Waals surface area contributed by atoms with Crippen molar-refractivity contribution in [3.8, 4) is 17.1 Å². The molecule has 0 fully saturated rings. The van der Waals surface area contributed by atoms with Crippen molar-refractivity contribution in [2.75, 3.05) is 28.4 Å². The summed E-state index contributed by atoms with van der Waals surface area (Å²) in [5.74, 6) is -2.04. The van der Waals surface area contributed by atoms with Gasteiger partial charge in [-0.3, -0.25) is 0 Å². The number of carbonyl (C=O) groups is 3. The Morgan fingerprint density at radius 1 is 1.16 bits per heavy atom. The average molecular weight is 822 g/mol. The van der Waals surface area contributed by atoms with Crippen LogP contribution in [0.3, 0.4) is 0 Å². The zero-order valence-corrected chi connectivity index (χ0v) is 31.1. The van der Waals surface area contributed by atoms with Gasteiger partial charge in [0.05, 0.1) is 0 Å². The molecule has 0 saturated heterocycles. The summed E-state index contributed by atoms with van der Waals surface area (Å²) >= 11 is -2.07. The number of alkyl halides is 5. The summed E-state index contributed by atoms with van der Waals surface area (Å²) in [4.78, 5) is 62.4. The molecule has 268 valence electrons. The van der Waals surface area contributed by atoms with Crippen molar-refractivity contribution in [3.05, 3.63) is 51.3 Å². The number of hydrogen-bond acceptors (Lipinski definition) is 9. The number of rotatable bonds is 8. The Kier molecular flexibility index (Phi) is 9.72. The molecule has 4 heterocycles. The van der Waals surface area contributed by atoms with E-state index in [1.54, 1.807) is 39.8 Å². The summed E-state index contributed by atoms with van der Waals surface area (Å²) in [6.07, 6.45) is -4.42. The van der Waals surface area contributed by atoms with Crippen molar-refractivity contribution < 1.29 is 46.9 Å². The molecule has 2 N–H and O–H groups in total. The maximum atomic E-state index is 14.2. The van der Waals surface area contributed by atoms with Crippen molar-refractivity contribution in [1.29, 1.82) is 0 Å². The first-order valence-electron chi connectivity index (χ1n) is 15.3. The van der Waals surface area contributed by atoms with Crippen LogP contribution < -0.4 is 10.9 Å². The molecule has 1 amide bonds. The maximum absolute atomic E-state index is 14.2. The van der Waals surface area contributed by atoms with E-state index < -0.39 is 79.6 Å². The fraction of sp³-hybridized carbons (Fsp3) is 0.485. The fourth-order valence-corrected chi connectivity index (χ4v) is 16.3. The number of aromatic nitrogens is 2. The van der Waals surface area contributed by atoms with Crippen LogP contribution in [-0.4, -0.2) is 72.9 Å². The number of alkyl carbamates (subject to hydrolysis) is 1. The molecule has 2 aromatic heterocycles. The number of carbonyl (C=O) groups excluding carboxylic acids is 3. The van der Waals surface area contributed by atoms with Crippen LogP contribution in [0.4, 0.5) is 18.0 Å². The van der Waals surface area contributed by atoms with Gasteiger partial charge in [0.2, 0.25) is 0 Å². The second-order valence-corrected chi connectivity index (χ2v) is 29.8. The van der Waals surface area contributed by atoms with Crippen LogP contribution >= 0.6 is 25.6 Å². The summed E-state index contributed by atoms with van der Waals surface area (Å²) < 4.78 is 58.7. The Morgan fingerprint density at radius 3 is 2.47 bits per heavy atom. The number of hydrogen-bond donors (Lipinski definition) is 2. The third-order valence-corrected chi connectivity index (χ3v) is 26.5. The molecule has 1 unspecified atom stereocenters. The molecule has 0 radical (unpaired) electrons. The molecule has 2 aliphatic heterocycles. The third-order valence-electron chi connectivity index (χ3n) is 8.53. The Morgan fingerprint density at radius 2 is 1.86 bits per heavy atom. The summed E-state index contributed by atoms with van der Waals surface area (Å²) in [6.45, 7) is 5.54. The quantitative estimate of drug-likeness (QED) is 0.0907. The van der Waals surface area contributed by atoms with Gasteiger partial charge in [0.25, 0.3) is 0 Å². The standard InChI is InChI=1S/C33H39F3IN3O8S/c1-8-32(47-25(42)15-38-30(45)48-31(2,3)4)22-14-24-26-20(16-40(24)28(43)21(22)17-46-29(32)44)27(19-13-18(41)9-10-23(19)39-26)49(7,37(5)6)12-11-33(34,35)36/h9-10,13-14,41H,8,11-12,15-17H2,1-7H3,(H,38,45)/t32-/m0/s1. The molecule has 11 nitrogen and oxygen atoms in total. The molecular weight excluding hydrogens is 782 g/mol. The molecule has 3 aromatic rings. The number of esters is 2. The number of phenolic OH excluding ortho intramolecular Hbond substituents is 1. The Hall–Kier alpha value is -3.54. The summed E-state index contributed by atoms with van der Waals surface area (Å²) in [7, 11) is -2.09. The molecule has 2 atom stereocenters. The number of ether oxygens (including phenoxy) is 3. The molecule has 0 saturated carbocycles. The zero-order valence-electron chi connectivity index (χ0n) is 28.2. The Balaban J connectivity index is 1.66. The number of fused-ring (bicyclic) bond motifs is 5. The van der Waals surface area contributed by atoms with Gasteiger partial charge in [-0.25, -0.2) is 4.79 Å². The van der Waals surface area contributed by atoms with Crippen molar-refractivity contribution in [2.24, 2.45) is 0 Å². The fourth-order valence-electron chi connectivity index (χ4n) is 6.08. The van der Waals surface area contributed by atoms with Gasteiger partial charge in [-0.15, -0.1) is 0 Å². The number of halogens is 4. The monoisotopic (exact) mass is 821 g/mol. The Bertz CT molecular complexity index is 1930. The van der Waals surface area contributed by atoms with E-state index >= 15 is 0 Å². The van der Waals surface area contributed by atoms with Crippen LogP contribution in [0.5, 0.6) is 5.75 Å². The normalized spacial score (nSPS) is 19.1. The number of phenols is 1. The molecule has 0 bridgehead atoms. The predicted octanol–water partition coefficient (Wildman–Crippen LogP) is 6.29. The minimum absolute atomic E-state index is 0.00989. The second kappa shape index (κ2) is 13.0. The number of cyclic esters (lactones) is 1. The van der Waals surface area contributed by atoms with E-state index in [1.807, 2.05) is 16.1 Å². The van der Waals surface area contributed by atoms with Crippen LogP contribution in [-0.2, 0) is 42.6 Å². The third kappa shape index (κ3) is 6.94. The van der Waals surface area contributed by atoms with Gasteiger partial charge in [-0.1, -0.05) is 0 Å². The number of nitrogens with one attached hydrogen (secondary N) is 1. The van der Waals surface area contributed by atoms with Crippen LogP contribution in [0, 0.1) is 0 Å². The molecule has 16 heteroatoms. The van der Waals surface area contributed by atoms with Crippen molar-refractivity contribution in [1.82, 2.24) is 14.9 Å². The van der Waals surface area contributed by atoms with E-state index in [4.69, 9.17) is 19.2 Å². The molecule has 5 rings (SSSR count). The van der Waals surface area contributed by atoms with Gasteiger partial charge < -0.3 is 4.74 Å². The van der Waals surface area contributed by atoms with E-state index in [0.29, 0.717) is 32.7 Å². The SMILES string of the molecule is CC[C@@]1(OC(=O)CNC(=O)OC(C)(C)C)C(=O)OCc2c1cc1n(c2=O)Cc2c-1nc1ccc(O)cc1c2S(C)(CCC(F)(F)F)I(C)C. The topological polar surface area (TPSA) is 146 Å². The Labute approximate surface area is 288 Å². The first-order valence-corrected chi connectivity index (χ1v) is 24.4. The summed E-state index contributed by atoms with van der Waals surface area (Å²) in [5.41, 5.74) is -1.45. The molecule has 0 aliphatic carbocycles. The molecular formula is C33H39F3IN3O8S. The number of amides is 1. The van der Waals surface area contributed by atoms with Crippen LogP contribution in [0.15, 0.2) is 34.0 Å². The first kappa shape index (κ1) is 36.7. The summed E-state index contributed by atoms with van der Waals surface area (Å²) in [5, 5.41) is 13.3.